The van der Waals surface area contributed by atoms with Gasteiger partial charge < -0.3 is 14.8 Å². The maximum Gasteiger partial charge on any atom is 0.410 e. The first-order valence-corrected chi connectivity index (χ1v) is 7.76. The van der Waals surface area contributed by atoms with E-state index in [4.69, 9.17) is 9.47 Å². The van der Waals surface area contributed by atoms with Gasteiger partial charge >= 0.3 is 6.09 Å². The maximum absolute atomic E-state index is 12.1. The molecule has 0 spiro atoms. The summed E-state index contributed by atoms with van der Waals surface area (Å²) in [6.07, 6.45) is -0.302. The van der Waals surface area contributed by atoms with Crippen molar-refractivity contribution in [3.8, 4) is 5.75 Å². The fourth-order valence-corrected chi connectivity index (χ4v) is 2.26. The van der Waals surface area contributed by atoms with Gasteiger partial charge in [-0.15, -0.1) is 0 Å². The van der Waals surface area contributed by atoms with Gasteiger partial charge in [0.25, 0.3) is 0 Å². The lowest BCUT2D eigenvalue weighted by molar-refractivity contribution is 0.0276. The van der Waals surface area contributed by atoms with Gasteiger partial charge in [-0.05, 0) is 26.8 Å². The number of hydrogen-bond donors (Lipinski definition) is 1. The van der Waals surface area contributed by atoms with Crippen LogP contribution in [-0.4, -0.2) is 49.2 Å². The first-order valence-electron chi connectivity index (χ1n) is 7.76. The number of amides is 1. The molecule has 1 aromatic carbocycles. The van der Waals surface area contributed by atoms with Crippen molar-refractivity contribution in [1.82, 2.24) is 10.2 Å². The summed E-state index contributed by atoms with van der Waals surface area (Å²) in [6.45, 7) is 7.79. The number of nitrogens with zero attached hydrogens (tertiary/aromatic N) is 2. The standard InChI is InChI=1S/C17H25N3O3/c1-17(2,3)23-16(21)20-10-9-18-15(12-20)19-11-13-7-5-6-8-14(13)22-4/h5-8H,9-12H2,1-4H3,(H,18,19). The lowest BCUT2D eigenvalue weighted by atomic mass is 10.2. The van der Waals surface area contributed by atoms with Gasteiger partial charge in [0.2, 0.25) is 0 Å². The SMILES string of the molecule is COc1ccccc1CNC1=NCCN(C(=O)OC(C)(C)C)C1. The topological polar surface area (TPSA) is 63.2 Å². The Morgan fingerprint density at radius 1 is 1.35 bits per heavy atom. The predicted molar refractivity (Wildman–Crippen MR) is 89.9 cm³/mol. The molecule has 6 nitrogen and oxygen atoms in total. The number of nitrogens with one attached hydrogen (secondary N) is 1. The van der Waals surface area contributed by atoms with E-state index in [0.717, 1.165) is 17.1 Å². The molecule has 1 amide bonds. The van der Waals surface area contributed by atoms with Gasteiger partial charge in [0.1, 0.15) is 17.2 Å². The number of carbonyl (C=O) groups excluding carboxylic acids is 1. The van der Waals surface area contributed by atoms with E-state index >= 15 is 0 Å². The summed E-state index contributed by atoms with van der Waals surface area (Å²) in [5, 5.41) is 3.28. The minimum absolute atomic E-state index is 0.302. The van der Waals surface area contributed by atoms with Crippen molar-refractivity contribution in [1.29, 1.82) is 0 Å². The van der Waals surface area contributed by atoms with Crippen molar-refractivity contribution in [2.75, 3.05) is 26.7 Å². The Hall–Kier alpha value is -2.24. The van der Waals surface area contributed by atoms with Crippen LogP contribution in [0.3, 0.4) is 0 Å². The highest BCUT2D eigenvalue weighted by Crippen LogP contribution is 2.17. The molecule has 2 rings (SSSR count). The number of para-hydroxylation sites is 1. The summed E-state index contributed by atoms with van der Waals surface area (Å²) in [5.74, 6) is 1.62. The molecule has 0 atom stereocenters. The number of methoxy groups -OCH3 is 1. The van der Waals surface area contributed by atoms with E-state index in [9.17, 15) is 4.79 Å². The third-order valence-electron chi connectivity index (χ3n) is 3.34. The third kappa shape index (κ3) is 5.16. The van der Waals surface area contributed by atoms with Gasteiger partial charge in [0, 0.05) is 18.7 Å². The first kappa shape index (κ1) is 17.1. The van der Waals surface area contributed by atoms with E-state index in [1.165, 1.54) is 0 Å². The number of benzene rings is 1. The normalized spacial score (nSPS) is 15.0. The van der Waals surface area contributed by atoms with Crippen LogP contribution in [0.25, 0.3) is 0 Å². The molecular weight excluding hydrogens is 294 g/mol. The quantitative estimate of drug-likeness (QED) is 0.929. The van der Waals surface area contributed by atoms with Gasteiger partial charge in [-0.1, -0.05) is 18.2 Å². The van der Waals surface area contributed by atoms with E-state index in [1.807, 2.05) is 45.0 Å². The third-order valence-corrected chi connectivity index (χ3v) is 3.34. The number of amidine groups is 1. The van der Waals surface area contributed by atoms with Gasteiger partial charge in [-0.3, -0.25) is 9.89 Å². The highest BCUT2D eigenvalue weighted by atomic mass is 16.6. The van der Waals surface area contributed by atoms with Crippen molar-refractivity contribution in [2.24, 2.45) is 4.99 Å². The van der Waals surface area contributed by atoms with E-state index < -0.39 is 5.60 Å². The molecule has 0 bridgehead atoms. The van der Waals surface area contributed by atoms with Crippen LogP contribution >= 0.6 is 0 Å². The molecule has 0 saturated heterocycles. The molecule has 1 N–H and O–H groups in total. The smallest absolute Gasteiger partial charge is 0.410 e. The molecule has 1 heterocycles. The lowest BCUT2D eigenvalue weighted by Gasteiger charge is -2.30. The average Bonchev–Trinajstić information content (AvgIpc) is 2.52. The van der Waals surface area contributed by atoms with Crippen LogP contribution in [0.5, 0.6) is 5.75 Å². The maximum atomic E-state index is 12.1. The molecule has 1 aliphatic heterocycles. The highest BCUT2D eigenvalue weighted by Gasteiger charge is 2.24. The second-order valence-corrected chi connectivity index (χ2v) is 6.40. The van der Waals surface area contributed by atoms with Gasteiger partial charge in [0.05, 0.1) is 20.2 Å². The van der Waals surface area contributed by atoms with E-state index in [-0.39, 0.29) is 6.09 Å². The summed E-state index contributed by atoms with van der Waals surface area (Å²) in [7, 11) is 1.65. The number of ether oxygens (including phenoxy) is 2. The monoisotopic (exact) mass is 319 g/mol. The zero-order valence-electron chi connectivity index (χ0n) is 14.3. The molecule has 0 saturated carbocycles. The van der Waals surface area contributed by atoms with Crippen molar-refractivity contribution >= 4 is 11.9 Å². The van der Waals surface area contributed by atoms with Gasteiger partial charge in [-0.2, -0.15) is 0 Å². The van der Waals surface area contributed by atoms with Crippen molar-refractivity contribution < 1.29 is 14.3 Å². The number of carbonyl (C=O) groups is 1. The van der Waals surface area contributed by atoms with Crippen LogP contribution in [0.1, 0.15) is 26.3 Å². The van der Waals surface area contributed by atoms with Crippen LogP contribution in [-0.2, 0) is 11.3 Å². The Balaban J connectivity index is 1.91. The summed E-state index contributed by atoms with van der Waals surface area (Å²) in [4.78, 5) is 18.2. The fraction of sp³-hybridized carbons (Fsp3) is 0.529. The van der Waals surface area contributed by atoms with Crippen LogP contribution < -0.4 is 10.1 Å². The summed E-state index contributed by atoms with van der Waals surface area (Å²) >= 11 is 0. The predicted octanol–water partition coefficient (Wildman–Crippen LogP) is 2.43. The Labute approximate surface area is 137 Å². The molecular formula is C17H25N3O3. The van der Waals surface area contributed by atoms with E-state index in [2.05, 4.69) is 10.3 Å². The molecule has 0 aromatic heterocycles. The summed E-state index contributed by atoms with van der Waals surface area (Å²) in [6, 6.07) is 7.83. The summed E-state index contributed by atoms with van der Waals surface area (Å²) < 4.78 is 10.7. The van der Waals surface area contributed by atoms with Gasteiger partial charge in [0.15, 0.2) is 0 Å². The Morgan fingerprint density at radius 2 is 2.09 bits per heavy atom. The molecule has 6 heteroatoms. The molecule has 0 aliphatic carbocycles. The number of aliphatic imine (C=N–C) groups is 1. The van der Waals surface area contributed by atoms with Crippen LogP contribution in [0.15, 0.2) is 29.3 Å². The van der Waals surface area contributed by atoms with Crippen LogP contribution in [0.2, 0.25) is 0 Å². The molecule has 126 valence electrons. The minimum atomic E-state index is -0.489. The Kier molecular flexibility index (Phi) is 5.47. The number of rotatable bonds is 3. The molecule has 1 aliphatic rings. The fourth-order valence-electron chi connectivity index (χ4n) is 2.26. The second-order valence-electron chi connectivity index (χ2n) is 6.40. The summed E-state index contributed by atoms with van der Waals surface area (Å²) in [5.41, 5.74) is 0.559. The molecule has 1 aromatic rings. The lowest BCUT2D eigenvalue weighted by Crippen LogP contribution is -2.47. The zero-order valence-corrected chi connectivity index (χ0v) is 14.3. The first-order chi connectivity index (χ1) is 10.9. The largest absolute Gasteiger partial charge is 0.496 e. The Bertz CT molecular complexity index is 579. The minimum Gasteiger partial charge on any atom is -0.496 e. The molecule has 0 fully saturated rings. The second kappa shape index (κ2) is 7.35. The van der Waals surface area contributed by atoms with Crippen molar-refractivity contribution in [3.63, 3.8) is 0 Å². The van der Waals surface area contributed by atoms with Gasteiger partial charge in [-0.25, -0.2) is 4.79 Å². The van der Waals surface area contributed by atoms with Crippen molar-refractivity contribution in [2.45, 2.75) is 32.9 Å². The van der Waals surface area contributed by atoms with Crippen molar-refractivity contribution in [3.05, 3.63) is 29.8 Å². The molecule has 23 heavy (non-hydrogen) atoms. The Morgan fingerprint density at radius 3 is 2.78 bits per heavy atom. The van der Waals surface area contributed by atoms with E-state index in [1.54, 1.807) is 12.0 Å². The van der Waals surface area contributed by atoms with Crippen LogP contribution in [0, 0.1) is 0 Å². The van der Waals surface area contributed by atoms with E-state index in [0.29, 0.717) is 26.2 Å². The highest BCUT2D eigenvalue weighted by molar-refractivity contribution is 5.87. The zero-order chi connectivity index (χ0) is 16.9. The molecule has 0 unspecified atom stereocenters. The average molecular weight is 319 g/mol. The van der Waals surface area contributed by atoms with Crippen LogP contribution in [0.4, 0.5) is 4.79 Å². The molecule has 0 radical (unpaired) electrons. The number of hydrogen-bond acceptors (Lipinski definition) is 5.